The van der Waals surface area contributed by atoms with E-state index in [1.54, 1.807) is 11.3 Å². The molecule has 0 amide bonds. The van der Waals surface area contributed by atoms with Crippen LogP contribution in [0.15, 0.2) is 38.6 Å². The second kappa shape index (κ2) is 5.19. The Balaban J connectivity index is 2.41. The van der Waals surface area contributed by atoms with Crippen molar-refractivity contribution < 1.29 is 0 Å². The Morgan fingerprint density at radius 2 is 2.00 bits per heavy atom. The average Bonchev–Trinajstić information content (AvgIpc) is 2.63. The van der Waals surface area contributed by atoms with Crippen LogP contribution >= 0.6 is 54.8 Å². The fourth-order valence-electron chi connectivity index (χ4n) is 1.42. The number of thiophene rings is 1. The van der Waals surface area contributed by atoms with Gasteiger partial charge in [0, 0.05) is 13.8 Å². The van der Waals surface area contributed by atoms with Gasteiger partial charge in [0.1, 0.15) is 0 Å². The molecule has 0 radical (unpaired) electrons. The van der Waals surface area contributed by atoms with Crippen molar-refractivity contribution in [2.45, 2.75) is 6.04 Å². The van der Waals surface area contributed by atoms with Crippen LogP contribution in [0.25, 0.3) is 0 Å². The lowest BCUT2D eigenvalue weighted by Crippen LogP contribution is -2.11. The summed E-state index contributed by atoms with van der Waals surface area (Å²) in [4.78, 5) is 0.990. The number of nitrogens with two attached hydrogens (primary N) is 1. The highest BCUT2D eigenvalue weighted by molar-refractivity contribution is 9.11. The predicted octanol–water partition coefficient (Wildman–Crippen LogP) is 4.97. The van der Waals surface area contributed by atoms with Gasteiger partial charge in [-0.15, -0.1) is 11.3 Å². The summed E-state index contributed by atoms with van der Waals surface area (Å²) in [5, 5.41) is 2.68. The van der Waals surface area contributed by atoms with Gasteiger partial charge in [0.25, 0.3) is 0 Å². The first-order chi connectivity index (χ1) is 7.59. The Bertz CT molecular complexity index is 512. The summed E-state index contributed by atoms with van der Waals surface area (Å²) in [5.74, 6) is 0. The minimum absolute atomic E-state index is 0.185. The van der Waals surface area contributed by atoms with E-state index in [4.69, 9.17) is 17.3 Å². The van der Waals surface area contributed by atoms with Gasteiger partial charge in [-0.05, 0) is 29.1 Å². The zero-order chi connectivity index (χ0) is 11.7. The maximum Gasteiger partial charge on any atom is 0.0672 e. The van der Waals surface area contributed by atoms with Crippen LogP contribution in [0.3, 0.4) is 0 Å². The largest absolute Gasteiger partial charge is 0.320 e. The highest BCUT2D eigenvalue weighted by Crippen LogP contribution is 2.35. The molecule has 1 atom stereocenters. The maximum atomic E-state index is 6.19. The number of hydrogen-bond donors (Lipinski definition) is 1. The van der Waals surface area contributed by atoms with E-state index in [9.17, 15) is 0 Å². The van der Waals surface area contributed by atoms with Crippen LogP contribution in [0.4, 0.5) is 0 Å². The molecule has 0 saturated heterocycles. The maximum absolute atomic E-state index is 6.19. The molecule has 0 bridgehead atoms. The molecule has 2 aromatic rings. The SMILES string of the molecule is NC(c1ccc(Br)cc1Br)c1sccc1Cl. The molecule has 5 heteroatoms. The van der Waals surface area contributed by atoms with Crippen molar-refractivity contribution in [2.24, 2.45) is 5.73 Å². The van der Waals surface area contributed by atoms with E-state index < -0.39 is 0 Å². The van der Waals surface area contributed by atoms with Gasteiger partial charge in [-0.1, -0.05) is 49.5 Å². The lowest BCUT2D eigenvalue weighted by molar-refractivity contribution is 0.887. The fraction of sp³-hybridized carbons (Fsp3) is 0.0909. The Morgan fingerprint density at radius 1 is 1.25 bits per heavy atom. The Hall–Kier alpha value is 0.130. The third-order valence-corrected chi connectivity index (χ3v) is 4.85. The van der Waals surface area contributed by atoms with E-state index in [0.29, 0.717) is 0 Å². The molecular formula is C11H8Br2ClNS. The Labute approximate surface area is 120 Å². The molecule has 0 aliphatic heterocycles. The fourth-order valence-corrected chi connectivity index (χ4v) is 3.91. The highest BCUT2D eigenvalue weighted by atomic mass is 79.9. The van der Waals surface area contributed by atoms with Crippen LogP contribution in [0, 0.1) is 0 Å². The minimum Gasteiger partial charge on any atom is -0.320 e. The molecule has 1 heterocycles. The van der Waals surface area contributed by atoms with Crippen LogP contribution in [0.1, 0.15) is 16.5 Å². The van der Waals surface area contributed by atoms with Crippen molar-refractivity contribution in [3.63, 3.8) is 0 Å². The first-order valence-electron chi connectivity index (χ1n) is 4.53. The zero-order valence-electron chi connectivity index (χ0n) is 8.08. The van der Waals surface area contributed by atoms with Gasteiger partial charge in [-0.3, -0.25) is 0 Å². The normalized spacial score (nSPS) is 12.8. The number of benzene rings is 1. The van der Waals surface area contributed by atoms with E-state index in [0.717, 1.165) is 24.4 Å². The third-order valence-electron chi connectivity index (χ3n) is 2.22. The first-order valence-corrected chi connectivity index (χ1v) is 7.37. The lowest BCUT2D eigenvalue weighted by Gasteiger charge is -2.13. The molecule has 84 valence electrons. The molecule has 0 aliphatic carbocycles. The molecule has 1 nitrogen and oxygen atoms in total. The highest BCUT2D eigenvalue weighted by Gasteiger charge is 2.16. The molecule has 1 aromatic carbocycles. The van der Waals surface area contributed by atoms with Crippen molar-refractivity contribution >= 4 is 54.8 Å². The average molecular weight is 382 g/mol. The van der Waals surface area contributed by atoms with E-state index in [-0.39, 0.29) is 6.04 Å². The van der Waals surface area contributed by atoms with Gasteiger partial charge >= 0.3 is 0 Å². The standard InChI is InChI=1S/C11H8Br2ClNS/c12-6-1-2-7(8(13)5-6)10(15)11-9(14)3-4-16-11/h1-5,10H,15H2. The minimum atomic E-state index is -0.185. The van der Waals surface area contributed by atoms with Crippen LogP contribution in [0.5, 0.6) is 0 Å². The van der Waals surface area contributed by atoms with E-state index in [2.05, 4.69) is 31.9 Å². The van der Waals surface area contributed by atoms with Gasteiger partial charge < -0.3 is 5.73 Å². The third kappa shape index (κ3) is 2.51. The molecule has 2 N–H and O–H groups in total. The van der Waals surface area contributed by atoms with E-state index in [1.165, 1.54) is 0 Å². The summed E-state index contributed by atoms with van der Waals surface area (Å²) < 4.78 is 2.01. The van der Waals surface area contributed by atoms with Gasteiger partial charge in [-0.2, -0.15) is 0 Å². The smallest absolute Gasteiger partial charge is 0.0672 e. The topological polar surface area (TPSA) is 26.0 Å². The van der Waals surface area contributed by atoms with Crippen LogP contribution in [-0.2, 0) is 0 Å². The van der Waals surface area contributed by atoms with Crippen molar-refractivity contribution in [1.82, 2.24) is 0 Å². The van der Waals surface area contributed by atoms with Crippen molar-refractivity contribution in [1.29, 1.82) is 0 Å². The second-order valence-corrected chi connectivity index (χ2v) is 6.40. The number of halogens is 3. The predicted molar refractivity (Wildman–Crippen MR) is 77.2 cm³/mol. The Kier molecular flexibility index (Phi) is 4.08. The van der Waals surface area contributed by atoms with Gasteiger partial charge in [0.2, 0.25) is 0 Å². The van der Waals surface area contributed by atoms with Crippen molar-refractivity contribution in [3.8, 4) is 0 Å². The molecule has 1 aromatic heterocycles. The quantitative estimate of drug-likeness (QED) is 0.780. The summed E-state index contributed by atoms with van der Waals surface area (Å²) in [5.41, 5.74) is 7.23. The molecule has 2 rings (SSSR count). The summed E-state index contributed by atoms with van der Waals surface area (Å²) in [7, 11) is 0. The summed E-state index contributed by atoms with van der Waals surface area (Å²) in [6, 6.07) is 7.64. The monoisotopic (exact) mass is 379 g/mol. The Morgan fingerprint density at radius 3 is 2.56 bits per heavy atom. The van der Waals surface area contributed by atoms with E-state index >= 15 is 0 Å². The summed E-state index contributed by atoms with van der Waals surface area (Å²) in [6.45, 7) is 0. The zero-order valence-corrected chi connectivity index (χ0v) is 12.8. The van der Waals surface area contributed by atoms with Crippen molar-refractivity contribution in [2.75, 3.05) is 0 Å². The van der Waals surface area contributed by atoms with Crippen molar-refractivity contribution in [3.05, 3.63) is 54.1 Å². The lowest BCUT2D eigenvalue weighted by atomic mass is 10.1. The van der Waals surface area contributed by atoms with Crippen LogP contribution < -0.4 is 5.73 Å². The number of rotatable bonds is 2. The number of hydrogen-bond acceptors (Lipinski definition) is 2. The van der Waals surface area contributed by atoms with Gasteiger partial charge in [-0.25, -0.2) is 0 Å². The van der Waals surface area contributed by atoms with Gasteiger partial charge in [0.15, 0.2) is 0 Å². The second-order valence-electron chi connectivity index (χ2n) is 3.28. The van der Waals surface area contributed by atoms with Crippen LogP contribution in [0.2, 0.25) is 5.02 Å². The summed E-state index contributed by atoms with van der Waals surface area (Å²) >= 11 is 14.6. The first kappa shape index (κ1) is 12.6. The van der Waals surface area contributed by atoms with Crippen LogP contribution in [-0.4, -0.2) is 0 Å². The molecule has 0 spiro atoms. The molecule has 0 aliphatic rings. The molecule has 0 fully saturated rings. The molecular weight excluding hydrogens is 373 g/mol. The summed E-state index contributed by atoms with van der Waals surface area (Å²) in [6.07, 6.45) is 0. The molecule has 16 heavy (non-hydrogen) atoms. The molecule has 0 saturated carbocycles. The molecule has 1 unspecified atom stereocenters. The van der Waals surface area contributed by atoms with E-state index in [1.807, 2.05) is 29.6 Å². The van der Waals surface area contributed by atoms with Gasteiger partial charge in [0.05, 0.1) is 11.1 Å².